The minimum atomic E-state index is -0.764. The van der Waals surface area contributed by atoms with Gasteiger partial charge in [-0.1, -0.05) is 41.4 Å². The summed E-state index contributed by atoms with van der Waals surface area (Å²) in [6.45, 7) is 1.97. The first-order valence-corrected chi connectivity index (χ1v) is 10.5. The van der Waals surface area contributed by atoms with Crippen LogP contribution in [0.25, 0.3) is 0 Å². The van der Waals surface area contributed by atoms with Crippen LogP contribution in [0.15, 0.2) is 72.8 Å². The van der Waals surface area contributed by atoms with Gasteiger partial charge in [-0.05, 0) is 61.0 Å². The smallest absolute Gasteiger partial charge is 0.255 e. The molecule has 0 aromatic heterocycles. The van der Waals surface area contributed by atoms with Gasteiger partial charge in [-0.2, -0.15) is 0 Å². The number of rotatable bonds is 4. The van der Waals surface area contributed by atoms with Gasteiger partial charge in [0.05, 0.1) is 0 Å². The predicted molar refractivity (Wildman–Crippen MR) is 126 cm³/mol. The van der Waals surface area contributed by atoms with Gasteiger partial charge in [0.25, 0.3) is 5.91 Å². The summed E-state index contributed by atoms with van der Waals surface area (Å²) in [7, 11) is 3.92. The van der Waals surface area contributed by atoms with Gasteiger partial charge < -0.3 is 9.80 Å². The summed E-state index contributed by atoms with van der Waals surface area (Å²) in [5.74, 6) is -0.291. The van der Waals surface area contributed by atoms with Gasteiger partial charge in [0.1, 0.15) is 12.6 Å². The largest absolute Gasteiger partial charge is 0.378 e. The van der Waals surface area contributed by atoms with Crippen LogP contribution < -0.4 is 14.7 Å². The van der Waals surface area contributed by atoms with Gasteiger partial charge in [0.15, 0.2) is 0 Å². The number of aryl methyl sites for hydroxylation is 1. The zero-order valence-corrected chi connectivity index (χ0v) is 18.5. The van der Waals surface area contributed by atoms with Gasteiger partial charge in [-0.3, -0.25) is 14.5 Å². The average Bonchev–Trinajstić information content (AvgIpc) is 2.76. The van der Waals surface area contributed by atoms with E-state index in [0.29, 0.717) is 10.7 Å². The number of anilines is 3. The molecule has 31 heavy (non-hydrogen) atoms. The lowest BCUT2D eigenvalue weighted by atomic mass is 9.99. The molecule has 1 fully saturated rings. The molecule has 3 aromatic carbocycles. The second-order valence-electron chi connectivity index (χ2n) is 7.89. The van der Waals surface area contributed by atoms with E-state index in [4.69, 9.17) is 11.6 Å². The maximum absolute atomic E-state index is 13.7. The molecular weight excluding hydrogens is 410 g/mol. The summed E-state index contributed by atoms with van der Waals surface area (Å²) in [4.78, 5) is 32.2. The van der Waals surface area contributed by atoms with Crippen LogP contribution in [0.5, 0.6) is 0 Å². The highest BCUT2D eigenvalue weighted by atomic mass is 35.5. The number of carbonyl (C=O) groups is 2. The summed E-state index contributed by atoms with van der Waals surface area (Å²) in [5, 5.41) is 0.577. The summed E-state index contributed by atoms with van der Waals surface area (Å²) >= 11 is 6.05. The molecule has 1 aliphatic rings. The zero-order valence-electron chi connectivity index (χ0n) is 17.7. The number of carbonyl (C=O) groups excluding carboxylic acids is 2. The first kappa shape index (κ1) is 20.9. The third kappa shape index (κ3) is 4.14. The molecule has 1 aliphatic heterocycles. The Morgan fingerprint density at radius 1 is 0.839 bits per heavy atom. The molecule has 1 heterocycles. The van der Waals surface area contributed by atoms with Crippen LogP contribution in [0, 0.1) is 6.92 Å². The highest BCUT2D eigenvalue weighted by molar-refractivity contribution is 6.30. The molecule has 158 valence electrons. The Balaban J connectivity index is 1.79. The second kappa shape index (κ2) is 8.44. The lowest BCUT2D eigenvalue weighted by Gasteiger charge is -2.40. The van der Waals surface area contributed by atoms with Crippen molar-refractivity contribution in [1.29, 1.82) is 0 Å². The van der Waals surface area contributed by atoms with E-state index in [0.717, 1.165) is 22.5 Å². The first-order chi connectivity index (χ1) is 14.8. The van der Waals surface area contributed by atoms with Crippen LogP contribution in [-0.2, 0) is 9.59 Å². The maximum atomic E-state index is 13.7. The number of piperazine rings is 1. The molecule has 0 saturated carbocycles. The molecule has 1 saturated heterocycles. The number of hydrogen-bond acceptors (Lipinski definition) is 3. The summed E-state index contributed by atoms with van der Waals surface area (Å²) in [6.07, 6.45) is 0. The highest BCUT2D eigenvalue weighted by Crippen LogP contribution is 2.35. The van der Waals surface area contributed by atoms with Gasteiger partial charge in [0.2, 0.25) is 5.91 Å². The molecule has 0 N–H and O–H groups in total. The third-order valence-corrected chi connectivity index (χ3v) is 5.75. The molecule has 1 unspecified atom stereocenters. The quantitative estimate of drug-likeness (QED) is 0.591. The summed E-state index contributed by atoms with van der Waals surface area (Å²) in [5.41, 5.74) is 4.24. The lowest BCUT2D eigenvalue weighted by Crippen LogP contribution is -2.56. The second-order valence-corrected chi connectivity index (χ2v) is 8.33. The molecule has 6 heteroatoms. The van der Waals surface area contributed by atoms with E-state index in [-0.39, 0.29) is 18.4 Å². The molecule has 3 aromatic rings. The van der Waals surface area contributed by atoms with Gasteiger partial charge in [-0.15, -0.1) is 0 Å². The third-order valence-electron chi connectivity index (χ3n) is 5.50. The van der Waals surface area contributed by atoms with E-state index in [9.17, 15) is 9.59 Å². The van der Waals surface area contributed by atoms with E-state index < -0.39 is 6.04 Å². The molecule has 5 nitrogen and oxygen atoms in total. The van der Waals surface area contributed by atoms with Gasteiger partial charge >= 0.3 is 0 Å². The minimum Gasteiger partial charge on any atom is -0.378 e. The summed E-state index contributed by atoms with van der Waals surface area (Å²) < 4.78 is 0. The molecular formula is C25H24ClN3O2. The van der Waals surface area contributed by atoms with Crippen LogP contribution in [0.2, 0.25) is 5.02 Å². The van der Waals surface area contributed by atoms with Crippen molar-refractivity contribution >= 4 is 40.5 Å². The monoisotopic (exact) mass is 433 g/mol. The first-order valence-electron chi connectivity index (χ1n) is 10.1. The fraction of sp³-hybridized carbons (Fsp3) is 0.200. The van der Waals surface area contributed by atoms with E-state index in [1.54, 1.807) is 34.1 Å². The molecule has 0 spiro atoms. The molecule has 4 rings (SSSR count). The average molecular weight is 434 g/mol. The standard InChI is InChI=1S/C25H24ClN3O2/c1-17-4-10-21(11-5-17)28-16-23(30)29(22-14-8-19(26)9-15-22)24(25(28)31)18-6-12-20(13-7-18)27(2)3/h4-15,24H,16H2,1-3H3. The zero-order chi connectivity index (χ0) is 22.1. The van der Waals surface area contributed by atoms with Crippen molar-refractivity contribution in [2.24, 2.45) is 0 Å². The Morgan fingerprint density at radius 3 is 2.00 bits per heavy atom. The topological polar surface area (TPSA) is 43.9 Å². The summed E-state index contributed by atoms with van der Waals surface area (Å²) in [6, 6.07) is 21.6. The van der Waals surface area contributed by atoms with Crippen LogP contribution in [0.1, 0.15) is 17.2 Å². The molecule has 0 bridgehead atoms. The van der Waals surface area contributed by atoms with Crippen molar-refractivity contribution < 1.29 is 9.59 Å². The van der Waals surface area contributed by atoms with Crippen molar-refractivity contribution in [2.45, 2.75) is 13.0 Å². The Kier molecular flexibility index (Phi) is 5.70. The Labute approximate surface area is 187 Å². The highest BCUT2D eigenvalue weighted by Gasteiger charge is 2.41. The maximum Gasteiger partial charge on any atom is 0.255 e. The number of halogens is 1. The minimum absolute atomic E-state index is 0.0171. The normalized spacial score (nSPS) is 16.6. The van der Waals surface area contributed by atoms with Gasteiger partial charge in [0, 0.05) is 36.2 Å². The van der Waals surface area contributed by atoms with E-state index >= 15 is 0 Å². The molecule has 0 aliphatic carbocycles. The predicted octanol–water partition coefficient (Wildman–Crippen LogP) is 4.84. The van der Waals surface area contributed by atoms with Crippen LogP contribution >= 0.6 is 11.6 Å². The Bertz CT molecular complexity index is 1090. The fourth-order valence-electron chi connectivity index (χ4n) is 3.78. The number of nitrogens with zero attached hydrogens (tertiary/aromatic N) is 3. The molecule has 2 amide bonds. The van der Waals surface area contributed by atoms with Crippen molar-refractivity contribution in [3.63, 3.8) is 0 Å². The van der Waals surface area contributed by atoms with Crippen LogP contribution in [-0.4, -0.2) is 32.5 Å². The fourth-order valence-corrected chi connectivity index (χ4v) is 3.90. The van der Waals surface area contributed by atoms with E-state index in [1.165, 1.54) is 0 Å². The Morgan fingerprint density at radius 2 is 1.42 bits per heavy atom. The number of amides is 2. The van der Waals surface area contributed by atoms with E-state index in [1.807, 2.05) is 74.4 Å². The Hall–Kier alpha value is -3.31. The lowest BCUT2D eigenvalue weighted by molar-refractivity contribution is -0.128. The SMILES string of the molecule is Cc1ccc(N2CC(=O)N(c3ccc(Cl)cc3)C(c3ccc(N(C)C)cc3)C2=O)cc1. The van der Waals surface area contributed by atoms with Crippen molar-refractivity contribution in [3.05, 3.63) is 88.9 Å². The van der Waals surface area contributed by atoms with Crippen LogP contribution in [0.4, 0.5) is 17.1 Å². The van der Waals surface area contributed by atoms with Crippen molar-refractivity contribution in [2.75, 3.05) is 35.3 Å². The number of hydrogen-bond donors (Lipinski definition) is 0. The number of benzene rings is 3. The van der Waals surface area contributed by atoms with Crippen molar-refractivity contribution in [3.8, 4) is 0 Å². The van der Waals surface area contributed by atoms with Crippen molar-refractivity contribution in [1.82, 2.24) is 0 Å². The van der Waals surface area contributed by atoms with Crippen LogP contribution in [0.3, 0.4) is 0 Å². The molecule has 0 radical (unpaired) electrons. The van der Waals surface area contributed by atoms with E-state index in [2.05, 4.69) is 0 Å². The molecule has 1 atom stereocenters. The van der Waals surface area contributed by atoms with Gasteiger partial charge in [-0.25, -0.2) is 0 Å².